The summed E-state index contributed by atoms with van der Waals surface area (Å²) >= 11 is 0. The Labute approximate surface area is 149 Å². The second-order valence-electron chi connectivity index (χ2n) is 6.04. The molecule has 1 heterocycles. The van der Waals surface area contributed by atoms with E-state index in [0.717, 1.165) is 19.3 Å². The number of rotatable bonds is 6. The molecule has 3 rings (SSSR count). The van der Waals surface area contributed by atoms with E-state index in [-0.39, 0.29) is 29.9 Å². The second kappa shape index (κ2) is 8.16. The van der Waals surface area contributed by atoms with Gasteiger partial charge in [0.15, 0.2) is 12.1 Å². The summed E-state index contributed by atoms with van der Waals surface area (Å²) in [4.78, 5) is 23.3. The molecule has 0 N–H and O–H groups in total. The molecule has 1 unspecified atom stereocenters. The van der Waals surface area contributed by atoms with Crippen molar-refractivity contribution in [3.8, 4) is 0 Å². The van der Waals surface area contributed by atoms with Crippen molar-refractivity contribution in [3.05, 3.63) is 75.1 Å². The number of nitro groups is 1. The minimum absolute atomic E-state index is 0.0223. The van der Waals surface area contributed by atoms with Gasteiger partial charge in [0.05, 0.1) is 17.1 Å². The highest BCUT2D eigenvalue weighted by Gasteiger charge is 2.20. The molecule has 1 aliphatic heterocycles. The highest BCUT2D eigenvalue weighted by atomic mass is 19.1. The Bertz CT molecular complexity index is 800. The topological polar surface area (TPSA) is 78.7 Å². The number of ether oxygens (including phenoxy) is 2. The van der Waals surface area contributed by atoms with E-state index in [9.17, 15) is 19.3 Å². The zero-order valence-corrected chi connectivity index (χ0v) is 14.0. The summed E-state index contributed by atoms with van der Waals surface area (Å²) in [5, 5.41) is 11.3. The van der Waals surface area contributed by atoms with Gasteiger partial charge in [0, 0.05) is 23.8 Å². The molecule has 0 spiro atoms. The summed E-state index contributed by atoms with van der Waals surface area (Å²) in [6.45, 7) is 0.585. The number of nitro benzene ring substituents is 1. The maximum atomic E-state index is 13.0. The summed E-state index contributed by atoms with van der Waals surface area (Å²) < 4.78 is 24.1. The lowest BCUT2D eigenvalue weighted by Crippen LogP contribution is -2.22. The molecule has 0 aliphatic carbocycles. The Morgan fingerprint density at radius 1 is 1.19 bits per heavy atom. The lowest BCUT2D eigenvalue weighted by molar-refractivity contribution is -0.386. The van der Waals surface area contributed by atoms with Gasteiger partial charge in [0.25, 0.3) is 5.69 Å². The van der Waals surface area contributed by atoms with Crippen LogP contribution >= 0.6 is 0 Å². The largest absolute Gasteiger partial charge is 0.353 e. The highest BCUT2D eigenvalue weighted by molar-refractivity contribution is 6.09. The first-order chi connectivity index (χ1) is 12.5. The van der Waals surface area contributed by atoms with Gasteiger partial charge in [-0.15, -0.1) is 0 Å². The van der Waals surface area contributed by atoms with Crippen molar-refractivity contribution in [2.24, 2.45) is 0 Å². The van der Waals surface area contributed by atoms with E-state index in [0.29, 0.717) is 17.7 Å². The number of carbonyl (C=O) groups is 1. The maximum absolute atomic E-state index is 13.0. The Morgan fingerprint density at radius 3 is 2.58 bits per heavy atom. The summed E-state index contributed by atoms with van der Waals surface area (Å²) in [6, 6.07) is 9.29. The zero-order valence-electron chi connectivity index (χ0n) is 14.0. The van der Waals surface area contributed by atoms with Gasteiger partial charge < -0.3 is 9.47 Å². The van der Waals surface area contributed by atoms with Crippen molar-refractivity contribution in [1.82, 2.24) is 0 Å². The van der Waals surface area contributed by atoms with Crippen molar-refractivity contribution >= 4 is 11.5 Å². The minimum atomic E-state index is -0.507. The first kappa shape index (κ1) is 18.2. The molecular weight excluding hydrogens is 341 g/mol. The molecule has 136 valence electrons. The summed E-state index contributed by atoms with van der Waals surface area (Å²) in [6.07, 6.45) is 2.30. The van der Waals surface area contributed by atoms with Gasteiger partial charge >= 0.3 is 0 Å². The third kappa shape index (κ3) is 4.30. The average molecular weight is 359 g/mol. The number of ketones is 1. The molecule has 7 heteroatoms. The summed E-state index contributed by atoms with van der Waals surface area (Å²) in [7, 11) is 0. The fraction of sp³-hybridized carbons (Fsp3) is 0.316. The maximum Gasteiger partial charge on any atom is 0.274 e. The van der Waals surface area contributed by atoms with Crippen molar-refractivity contribution in [2.45, 2.75) is 32.2 Å². The Kier molecular flexibility index (Phi) is 5.70. The van der Waals surface area contributed by atoms with Gasteiger partial charge in [-0.2, -0.15) is 0 Å². The van der Waals surface area contributed by atoms with Gasteiger partial charge in [-0.3, -0.25) is 14.9 Å². The number of nitrogens with zero attached hydrogens (tertiary/aromatic N) is 1. The minimum Gasteiger partial charge on any atom is -0.353 e. The van der Waals surface area contributed by atoms with Crippen molar-refractivity contribution in [2.75, 3.05) is 6.61 Å². The molecule has 6 nitrogen and oxygen atoms in total. The molecule has 0 bridgehead atoms. The Morgan fingerprint density at radius 2 is 1.92 bits per heavy atom. The van der Waals surface area contributed by atoms with Crippen LogP contribution in [0.3, 0.4) is 0 Å². The highest BCUT2D eigenvalue weighted by Crippen LogP contribution is 2.24. The third-order valence-corrected chi connectivity index (χ3v) is 4.21. The number of hydrogen-bond donors (Lipinski definition) is 0. The van der Waals surface area contributed by atoms with Crippen LogP contribution in [0.4, 0.5) is 10.1 Å². The standard InChI is InChI=1S/C19H18FNO5/c20-16-7-4-13(5-8-16)19(22)14-6-9-17(21(23)24)15(11-14)12-26-18-3-1-2-10-25-18/h4-9,11,18H,1-3,10,12H2. The molecule has 0 radical (unpaired) electrons. The third-order valence-electron chi connectivity index (χ3n) is 4.21. The number of benzene rings is 2. The Balaban J connectivity index is 1.81. The summed E-state index contributed by atoms with van der Waals surface area (Å²) in [5.41, 5.74) is 0.779. The van der Waals surface area contributed by atoms with Crippen LogP contribution in [0.15, 0.2) is 42.5 Å². The fourth-order valence-corrected chi connectivity index (χ4v) is 2.81. The smallest absolute Gasteiger partial charge is 0.274 e. The van der Waals surface area contributed by atoms with E-state index in [2.05, 4.69) is 0 Å². The predicted molar refractivity (Wildman–Crippen MR) is 91.3 cm³/mol. The molecule has 1 aliphatic rings. The monoisotopic (exact) mass is 359 g/mol. The normalized spacial score (nSPS) is 17.0. The number of hydrogen-bond acceptors (Lipinski definition) is 5. The second-order valence-corrected chi connectivity index (χ2v) is 6.04. The van der Waals surface area contributed by atoms with E-state index in [1.54, 1.807) is 0 Å². The van der Waals surface area contributed by atoms with Gasteiger partial charge in [-0.25, -0.2) is 4.39 Å². The lowest BCUT2D eigenvalue weighted by Gasteiger charge is -2.22. The summed E-state index contributed by atoms with van der Waals surface area (Å²) in [5.74, 6) is -0.776. The van der Waals surface area contributed by atoms with Gasteiger partial charge in [0.1, 0.15) is 5.82 Å². The van der Waals surface area contributed by atoms with E-state index >= 15 is 0 Å². The van der Waals surface area contributed by atoms with Crippen LogP contribution in [0.5, 0.6) is 0 Å². The molecule has 0 saturated carbocycles. The number of carbonyl (C=O) groups excluding carboxylic acids is 1. The fourth-order valence-electron chi connectivity index (χ4n) is 2.81. The SMILES string of the molecule is O=C(c1ccc(F)cc1)c1ccc([N+](=O)[O-])c(COC2CCCCO2)c1. The van der Waals surface area contributed by atoms with E-state index in [1.807, 2.05) is 0 Å². The molecule has 26 heavy (non-hydrogen) atoms. The Hall–Kier alpha value is -2.64. The van der Waals surface area contributed by atoms with Gasteiger partial charge in [-0.05, 0) is 55.7 Å². The van der Waals surface area contributed by atoms with Crippen LogP contribution < -0.4 is 0 Å². The molecule has 1 fully saturated rings. The molecule has 0 amide bonds. The van der Waals surface area contributed by atoms with E-state index in [1.165, 1.54) is 42.5 Å². The molecule has 2 aromatic rings. The molecule has 2 aromatic carbocycles. The van der Waals surface area contributed by atoms with E-state index < -0.39 is 10.7 Å². The van der Waals surface area contributed by atoms with Crippen LogP contribution in [0, 0.1) is 15.9 Å². The van der Waals surface area contributed by atoms with Crippen molar-refractivity contribution < 1.29 is 23.6 Å². The van der Waals surface area contributed by atoms with Gasteiger partial charge in [-0.1, -0.05) is 0 Å². The average Bonchev–Trinajstić information content (AvgIpc) is 2.67. The zero-order chi connectivity index (χ0) is 18.5. The van der Waals surface area contributed by atoms with E-state index in [4.69, 9.17) is 9.47 Å². The first-order valence-corrected chi connectivity index (χ1v) is 8.35. The van der Waals surface area contributed by atoms with Crippen LogP contribution in [-0.2, 0) is 16.1 Å². The van der Waals surface area contributed by atoms with Crippen LogP contribution in [0.25, 0.3) is 0 Å². The molecule has 0 aromatic heterocycles. The first-order valence-electron chi connectivity index (χ1n) is 8.35. The van der Waals surface area contributed by atoms with Crippen molar-refractivity contribution in [1.29, 1.82) is 0 Å². The van der Waals surface area contributed by atoms with Gasteiger partial charge in [0.2, 0.25) is 0 Å². The lowest BCUT2D eigenvalue weighted by atomic mass is 10.0. The van der Waals surface area contributed by atoms with Crippen LogP contribution in [0.1, 0.15) is 40.7 Å². The molecule has 1 atom stereocenters. The quantitative estimate of drug-likeness (QED) is 0.442. The van der Waals surface area contributed by atoms with Crippen LogP contribution in [-0.4, -0.2) is 23.6 Å². The number of halogens is 1. The van der Waals surface area contributed by atoms with Crippen LogP contribution in [0.2, 0.25) is 0 Å². The predicted octanol–water partition coefficient (Wildman–Crippen LogP) is 4.01. The van der Waals surface area contributed by atoms with Crippen molar-refractivity contribution in [3.63, 3.8) is 0 Å². The molecule has 1 saturated heterocycles. The molecular formula is C19H18FNO5.